The maximum Gasteiger partial charge on any atom is 0.429 e. The van der Waals surface area contributed by atoms with Crippen LogP contribution in [-0.4, -0.2) is 84.5 Å². The average Bonchev–Trinajstić information content (AvgIpc) is 3.75. The van der Waals surface area contributed by atoms with Gasteiger partial charge >= 0.3 is 24.1 Å². The summed E-state index contributed by atoms with van der Waals surface area (Å²) in [4.78, 5) is 60.4. The van der Waals surface area contributed by atoms with Crippen molar-refractivity contribution in [3.05, 3.63) is 84.4 Å². The van der Waals surface area contributed by atoms with Gasteiger partial charge in [-0.25, -0.2) is 34.8 Å². The Labute approximate surface area is 262 Å². The molecule has 0 spiro atoms. The van der Waals surface area contributed by atoms with E-state index >= 15 is 0 Å². The topological polar surface area (TPSA) is 144 Å². The Morgan fingerprint density at radius 2 is 1.40 bits per heavy atom. The number of esters is 2. The molecular formula is C32H40N4O9. The SMILES string of the molecule is C=CC[C@H](C)C(=O)N1[C@H](C(=O)OC)CCN1C(=O)OCc1ccccc1.COC(=O)[C@@H]1CCN(C(=O)OCc2ccccc2)N1. The smallest absolute Gasteiger partial charge is 0.429 e. The monoisotopic (exact) mass is 624 g/mol. The normalized spacial score (nSPS) is 17.8. The summed E-state index contributed by atoms with van der Waals surface area (Å²) in [7, 11) is 2.58. The summed E-state index contributed by atoms with van der Waals surface area (Å²) in [6, 6.07) is 17.3. The first-order valence-electron chi connectivity index (χ1n) is 14.5. The van der Waals surface area contributed by atoms with Crippen LogP contribution in [0.3, 0.4) is 0 Å². The predicted octanol–water partition coefficient (Wildman–Crippen LogP) is 3.60. The Morgan fingerprint density at radius 1 is 0.844 bits per heavy atom. The number of hydrazine groups is 2. The molecule has 13 heteroatoms. The van der Waals surface area contributed by atoms with Gasteiger partial charge in [0.25, 0.3) is 0 Å². The highest BCUT2D eigenvalue weighted by Crippen LogP contribution is 2.24. The molecule has 2 aromatic carbocycles. The molecule has 0 saturated carbocycles. The number of nitrogens with zero attached hydrogens (tertiary/aromatic N) is 3. The van der Waals surface area contributed by atoms with Crippen molar-refractivity contribution in [1.29, 1.82) is 0 Å². The highest BCUT2D eigenvalue weighted by Gasteiger charge is 2.44. The molecule has 3 amide bonds. The minimum atomic E-state index is -0.830. The van der Waals surface area contributed by atoms with Crippen molar-refractivity contribution in [3.63, 3.8) is 0 Å². The number of nitrogens with one attached hydrogen (secondary N) is 1. The molecule has 2 aromatic rings. The van der Waals surface area contributed by atoms with Crippen LogP contribution >= 0.6 is 0 Å². The second-order valence-corrected chi connectivity index (χ2v) is 10.3. The van der Waals surface area contributed by atoms with Crippen molar-refractivity contribution in [2.75, 3.05) is 27.3 Å². The zero-order valence-electron chi connectivity index (χ0n) is 25.8. The van der Waals surface area contributed by atoms with E-state index in [2.05, 4.69) is 16.7 Å². The van der Waals surface area contributed by atoms with Crippen LogP contribution in [0, 0.1) is 5.92 Å². The Bertz CT molecular complexity index is 1310. The van der Waals surface area contributed by atoms with Crippen LogP contribution in [0.1, 0.15) is 37.3 Å². The summed E-state index contributed by atoms with van der Waals surface area (Å²) in [5.74, 6) is -1.68. The molecule has 0 bridgehead atoms. The molecule has 0 unspecified atom stereocenters. The number of hydrogen-bond acceptors (Lipinski definition) is 10. The summed E-state index contributed by atoms with van der Waals surface area (Å²) in [6.45, 7) is 6.28. The van der Waals surface area contributed by atoms with Crippen molar-refractivity contribution in [1.82, 2.24) is 20.5 Å². The van der Waals surface area contributed by atoms with Crippen molar-refractivity contribution >= 4 is 30.0 Å². The van der Waals surface area contributed by atoms with E-state index in [0.29, 0.717) is 25.8 Å². The van der Waals surface area contributed by atoms with E-state index in [4.69, 9.17) is 14.2 Å². The zero-order chi connectivity index (χ0) is 32.8. The number of carbonyl (C=O) groups excluding carboxylic acids is 5. The van der Waals surface area contributed by atoms with E-state index in [1.807, 2.05) is 60.7 Å². The van der Waals surface area contributed by atoms with E-state index in [-0.39, 0.29) is 31.6 Å². The van der Waals surface area contributed by atoms with E-state index in [1.165, 1.54) is 29.2 Å². The highest BCUT2D eigenvalue weighted by molar-refractivity contribution is 5.88. The lowest BCUT2D eigenvalue weighted by atomic mass is 10.1. The molecule has 0 radical (unpaired) electrons. The first-order valence-corrected chi connectivity index (χ1v) is 14.5. The van der Waals surface area contributed by atoms with Gasteiger partial charge in [0.2, 0.25) is 5.91 Å². The van der Waals surface area contributed by atoms with Gasteiger partial charge in [-0.3, -0.25) is 9.59 Å². The van der Waals surface area contributed by atoms with Crippen LogP contribution in [0.2, 0.25) is 0 Å². The molecule has 2 aliphatic rings. The lowest BCUT2D eigenvalue weighted by molar-refractivity contribution is -0.162. The minimum absolute atomic E-state index is 0.0866. The van der Waals surface area contributed by atoms with Gasteiger partial charge in [0, 0.05) is 25.4 Å². The second kappa shape index (κ2) is 17.4. The van der Waals surface area contributed by atoms with E-state index in [1.54, 1.807) is 13.0 Å². The van der Waals surface area contributed by atoms with E-state index < -0.39 is 36.2 Å². The molecule has 2 fully saturated rings. The van der Waals surface area contributed by atoms with Gasteiger partial charge in [0.15, 0.2) is 6.04 Å². The number of benzene rings is 2. The molecular weight excluding hydrogens is 584 g/mol. The second-order valence-electron chi connectivity index (χ2n) is 10.3. The van der Waals surface area contributed by atoms with Crippen molar-refractivity contribution in [3.8, 4) is 0 Å². The predicted molar refractivity (Wildman–Crippen MR) is 161 cm³/mol. The van der Waals surface area contributed by atoms with Crippen LogP contribution in [0.4, 0.5) is 9.59 Å². The maximum absolute atomic E-state index is 12.8. The van der Waals surface area contributed by atoms with Gasteiger partial charge in [0.1, 0.15) is 19.3 Å². The summed E-state index contributed by atoms with van der Waals surface area (Å²) >= 11 is 0. The number of carbonyl (C=O) groups is 5. The Morgan fingerprint density at radius 3 is 1.93 bits per heavy atom. The molecule has 1 N–H and O–H groups in total. The number of amides is 3. The molecule has 45 heavy (non-hydrogen) atoms. The van der Waals surface area contributed by atoms with E-state index in [0.717, 1.165) is 11.1 Å². The van der Waals surface area contributed by atoms with Gasteiger partial charge < -0.3 is 18.9 Å². The molecule has 4 rings (SSSR count). The van der Waals surface area contributed by atoms with Crippen LogP contribution in [0.15, 0.2) is 73.3 Å². The third kappa shape index (κ3) is 9.80. The Kier molecular flexibility index (Phi) is 13.4. The van der Waals surface area contributed by atoms with Crippen LogP contribution in [0.5, 0.6) is 0 Å². The minimum Gasteiger partial charge on any atom is -0.468 e. The summed E-state index contributed by atoms with van der Waals surface area (Å²) in [5, 5.41) is 3.66. The maximum atomic E-state index is 12.8. The van der Waals surface area contributed by atoms with Gasteiger partial charge in [0.05, 0.1) is 14.2 Å². The zero-order valence-corrected chi connectivity index (χ0v) is 25.8. The van der Waals surface area contributed by atoms with Crippen LogP contribution < -0.4 is 5.43 Å². The van der Waals surface area contributed by atoms with Crippen molar-refractivity contribution in [2.24, 2.45) is 5.92 Å². The third-order valence-corrected chi connectivity index (χ3v) is 7.09. The summed E-state index contributed by atoms with van der Waals surface area (Å²) < 4.78 is 19.9. The molecule has 3 atom stereocenters. The molecule has 0 aromatic heterocycles. The average molecular weight is 625 g/mol. The van der Waals surface area contributed by atoms with Crippen LogP contribution in [0.25, 0.3) is 0 Å². The molecule has 2 saturated heterocycles. The standard InChI is InChI=1S/C19H24N2O5.C13H16N2O4/c1-4-8-14(2)17(22)21-16(18(23)25-3)11-12-20(21)19(24)26-13-15-9-6-5-7-10-15;1-18-12(16)11-7-8-15(14-11)13(17)19-9-10-5-3-2-4-6-10/h4-7,9-10,14,16H,1,8,11-13H2,2-3H3;2-6,11,14H,7-9H2,1H3/t14-,16-;11-/m00/s1. The fraction of sp³-hybridized carbons (Fsp3) is 0.406. The largest absolute Gasteiger partial charge is 0.468 e. The number of ether oxygens (including phenoxy) is 4. The molecule has 13 nitrogen and oxygen atoms in total. The fourth-order valence-electron chi connectivity index (χ4n) is 4.65. The quantitative estimate of drug-likeness (QED) is 0.250. The van der Waals surface area contributed by atoms with Gasteiger partial charge in [-0.1, -0.05) is 73.7 Å². The molecule has 0 aliphatic carbocycles. The molecule has 2 aliphatic heterocycles. The lowest BCUT2D eigenvalue weighted by Gasteiger charge is -2.32. The fourth-order valence-corrected chi connectivity index (χ4v) is 4.65. The molecule has 2 heterocycles. The highest BCUT2D eigenvalue weighted by atomic mass is 16.6. The first-order chi connectivity index (χ1) is 21.7. The Hall–Kier alpha value is -4.91. The number of methoxy groups -OCH3 is 2. The summed E-state index contributed by atoms with van der Waals surface area (Å²) in [6.07, 6.45) is 1.74. The van der Waals surface area contributed by atoms with Gasteiger partial charge in [-0.2, -0.15) is 0 Å². The number of allylic oxidation sites excluding steroid dienone is 1. The summed E-state index contributed by atoms with van der Waals surface area (Å²) in [5.41, 5.74) is 4.51. The van der Waals surface area contributed by atoms with Crippen molar-refractivity contribution < 1.29 is 42.9 Å². The van der Waals surface area contributed by atoms with Gasteiger partial charge in [-0.05, 0) is 24.0 Å². The lowest BCUT2D eigenvalue weighted by Crippen LogP contribution is -2.52. The molecule has 242 valence electrons. The third-order valence-electron chi connectivity index (χ3n) is 7.09. The van der Waals surface area contributed by atoms with Gasteiger partial charge in [-0.15, -0.1) is 6.58 Å². The van der Waals surface area contributed by atoms with Crippen molar-refractivity contribution in [2.45, 2.75) is 51.5 Å². The first kappa shape index (κ1) is 34.6. The number of rotatable bonds is 9. The Balaban J connectivity index is 0.000000257. The number of hydrogen-bond donors (Lipinski definition) is 1. The van der Waals surface area contributed by atoms with E-state index in [9.17, 15) is 24.0 Å². The van der Waals surface area contributed by atoms with Crippen LogP contribution in [-0.2, 0) is 46.5 Å².